The fourth-order valence-corrected chi connectivity index (χ4v) is 2.38. The summed E-state index contributed by atoms with van der Waals surface area (Å²) in [7, 11) is 0. The Labute approximate surface area is 150 Å². The molecule has 0 saturated heterocycles. The molecule has 25 heavy (non-hydrogen) atoms. The molecule has 0 radical (unpaired) electrons. The summed E-state index contributed by atoms with van der Waals surface area (Å²) in [5, 5.41) is 3.43. The minimum Gasteiger partial charge on any atom is -0.484 e. The molecule has 0 aliphatic rings. The van der Waals surface area contributed by atoms with E-state index in [1.165, 1.54) is 0 Å². The van der Waals surface area contributed by atoms with E-state index >= 15 is 0 Å². The number of nitrogens with zero attached hydrogens (tertiary/aromatic N) is 2. The van der Waals surface area contributed by atoms with E-state index in [9.17, 15) is 4.79 Å². The van der Waals surface area contributed by atoms with Gasteiger partial charge in [0.1, 0.15) is 11.6 Å². The number of amides is 1. The predicted octanol–water partition coefficient (Wildman–Crippen LogP) is 4.12. The van der Waals surface area contributed by atoms with Crippen LogP contribution >= 0.6 is 11.6 Å². The second-order valence-electron chi connectivity index (χ2n) is 5.36. The van der Waals surface area contributed by atoms with E-state index < -0.39 is 0 Å². The molecule has 1 heterocycles. The van der Waals surface area contributed by atoms with Gasteiger partial charge in [-0.2, -0.15) is 0 Å². The summed E-state index contributed by atoms with van der Waals surface area (Å²) < 4.78 is 5.43. The molecule has 1 N–H and O–H groups in total. The van der Waals surface area contributed by atoms with Gasteiger partial charge in [-0.3, -0.25) is 4.79 Å². The molecule has 1 amide bonds. The lowest BCUT2D eigenvalue weighted by atomic mass is 10.1. The maximum atomic E-state index is 12.1. The molecule has 0 aliphatic heterocycles. The first-order valence-corrected chi connectivity index (χ1v) is 8.06. The lowest BCUT2D eigenvalue weighted by molar-refractivity contribution is -0.118. The van der Waals surface area contributed by atoms with Gasteiger partial charge in [0, 0.05) is 22.5 Å². The topological polar surface area (TPSA) is 64.1 Å². The number of ether oxygens (including phenoxy) is 1. The minimum atomic E-state index is -0.244. The fraction of sp³-hybridized carbons (Fsp3) is 0.105. The molecular weight excluding hydrogens is 338 g/mol. The Morgan fingerprint density at radius 1 is 1.16 bits per heavy atom. The molecule has 126 valence electrons. The third-order valence-corrected chi connectivity index (χ3v) is 3.65. The van der Waals surface area contributed by atoms with Crippen LogP contribution in [0.3, 0.4) is 0 Å². The lowest BCUT2D eigenvalue weighted by Crippen LogP contribution is -2.20. The lowest BCUT2D eigenvalue weighted by Gasteiger charge is -2.09. The van der Waals surface area contributed by atoms with Gasteiger partial charge in [0.25, 0.3) is 5.91 Å². The van der Waals surface area contributed by atoms with Crippen LogP contribution in [-0.2, 0) is 4.79 Å². The van der Waals surface area contributed by atoms with Crippen molar-refractivity contribution in [3.05, 3.63) is 71.6 Å². The van der Waals surface area contributed by atoms with Gasteiger partial charge in [0.15, 0.2) is 6.61 Å². The van der Waals surface area contributed by atoms with Gasteiger partial charge in [-0.15, -0.1) is 0 Å². The molecule has 1 aromatic heterocycles. The third kappa shape index (κ3) is 4.78. The van der Waals surface area contributed by atoms with Crippen LogP contribution in [0, 0.1) is 6.92 Å². The summed E-state index contributed by atoms with van der Waals surface area (Å²) in [5.74, 6) is 1.04. The van der Waals surface area contributed by atoms with Gasteiger partial charge in [0.2, 0.25) is 0 Å². The Morgan fingerprint density at radius 2 is 1.96 bits per heavy atom. The highest BCUT2D eigenvalue weighted by Crippen LogP contribution is 2.21. The molecule has 6 heteroatoms. The average Bonchev–Trinajstić information content (AvgIpc) is 2.61. The number of aryl methyl sites for hydroxylation is 1. The monoisotopic (exact) mass is 353 g/mol. The number of aromatic nitrogens is 2. The zero-order valence-electron chi connectivity index (χ0n) is 13.6. The van der Waals surface area contributed by atoms with Crippen LogP contribution < -0.4 is 10.1 Å². The van der Waals surface area contributed by atoms with E-state index in [0.717, 1.165) is 11.3 Å². The standard InChI is InChI=1S/C19H16ClN3O2/c1-13-21-10-9-18(22-13)14-3-2-4-16(11-14)23-19(24)12-25-17-7-5-15(20)6-8-17/h2-11H,12H2,1H3,(H,23,24). The van der Waals surface area contributed by atoms with Crippen LogP contribution in [0.1, 0.15) is 5.82 Å². The molecule has 2 aromatic carbocycles. The fourth-order valence-electron chi connectivity index (χ4n) is 2.25. The quantitative estimate of drug-likeness (QED) is 0.749. The first-order chi connectivity index (χ1) is 12.1. The van der Waals surface area contributed by atoms with Gasteiger partial charge in [-0.25, -0.2) is 9.97 Å². The van der Waals surface area contributed by atoms with Crippen molar-refractivity contribution in [2.24, 2.45) is 0 Å². The normalized spacial score (nSPS) is 10.3. The maximum absolute atomic E-state index is 12.1. The number of benzene rings is 2. The number of carbonyl (C=O) groups excluding carboxylic acids is 1. The third-order valence-electron chi connectivity index (χ3n) is 3.40. The highest BCUT2D eigenvalue weighted by Gasteiger charge is 2.06. The maximum Gasteiger partial charge on any atom is 0.262 e. The average molecular weight is 354 g/mol. The Kier molecular flexibility index (Phi) is 5.26. The molecule has 5 nitrogen and oxygen atoms in total. The van der Waals surface area contributed by atoms with E-state index in [4.69, 9.17) is 16.3 Å². The van der Waals surface area contributed by atoms with Crippen molar-refractivity contribution in [1.29, 1.82) is 0 Å². The first kappa shape index (κ1) is 16.9. The van der Waals surface area contributed by atoms with Crippen LogP contribution in [0.5, 0.6) is 5.75 Å². The minimum absolute atomic E-state index is 0.0848. The first-order valence-electron chi connectivity index (χ1n) is 7.68. The van der Waals surface area contributed by atoms with Crippen LogP contribution in [0.15, 0.2) is 60.8 Å². The molecule has 0 fully saturated rings. The summed E-state index contributed by atoms with van der Waals surface area (Å²) in [4.78, 5) is 20.5. The SMILES string of the molecule is Cc1nccc(-c2cccc(NC(=O)COc3ccc(Cl)cc3)c2)n1. The number of halogens is 1. The summed E-state index contributed by atoms with van der Waals surface area (Å²) >= 11 is 5.81. The highest BCUT2D eigenvalue weighted by atomic mass is 35.5. The van der Waals surface area contributed by atoms with Gasteiger partial charge in [-0.05, 0) is 49.4 Å². The molecule has 0 atom stereocenters. The van der Waals surface area contributed by atoms with Crippen molar-refractivity contribution in [2.45, 2.75) is 6.92 Å². The van der Waals surface area contributed by atoms with E-state index in [-0.39, 0.29) is 12.5 Å². The predicted molar refractivity (Wildman–Crippen MR) is 97.8 cm³/mol. The molecule has 0 saturated carbocycles. The van der Waals surface area contributed by atoms with E-state index in [1.54, 1.807) is 30.5 Å². The molecule has 0 unspecified atom stereocenters. The van der Waals surface area contributed by atoms with Crippen molar-refractivity contribution in [2.75, 3.05) is 11.9 Å². The van der Waals surface area contributed by atoms with E-state index in [1.807, 2.05) is 37.3 Å². The van der Waals surface area contributed by atoms with E-state index in [0.29, 0.717) is 22.3 Å². The highest BCUT2D eigenvalue weighted by molar-refractivity contribution is 6.30. The van der Waals surface area contributed by atoms with Crippen LogP contribution in [0.2, 0.25) is 5.02 Å². The molecular formula is C19H16ClN3O2. The smallest absolute Gasteiger partial charge is 0.262 e. The van der Waals surface area contributed by atoms with Crippen molar-refractivity contribution >= 4 is 23.2 Å². The number of rotatable bonds is 5. The van der Waals surface area contributed by atoms with Gasteiger partial charge in [-0.1, -0.05) is 23.7 Å². The Balaban J connectivity index is 1.63. The molecule has 0 bridgehead atoms. The van der Waals surface area contributed by atoms with Crippen LogP contribution in [0.4, 0.5) is 5.69 Å². The molecule has 0 aliphatic carbocycles. The van der Waals surface area contributed by atoms with Crippen LogP contribution in [-0.4, -0.2) is 22.5 Å². The molecule has 3 aromatic rings. The zero-order valence-corrected chi connectivity index (χ0v) is 14.3. The van der Waals surface area contributed by atoms with Crippen molar-refractivity contribution < 1.29 is 9.53 Å². The van der Waals surface area contributed by atoms with Gasteiger partial charge < -0.3 is 10.1 Å². The van der Waals surface area contributed by atoms with Crippen LogP contribution in [0.25, 0.3) is 11.3 Å². The largest absolute Gasteiger partial charge is 0.484 e. The summed E-state index contributed by atoms with van der Waals surface area (Å²) in [6.45, 7) is 1.75. The molecule has 3 rings (SSSR count). The Bertz CT molecular complexity index is 882. The van der Waals surface area contributed by atoms with Gasteiger partial charge in [0.05, 0.1) is 5.69 Å². The Morgan fingerprint density at radius 3 is 2.72 bits per heavy atom. The summed E-state index contributed by atoms with van der Waals surface area (Å²) in [6, 6.07) is 16.2. The number of nitrogens with one attached hydrogen (secondary N) is 1. The van der Waals surface area contributed by atoms with Gasteiger partial charge >= 0.3 is 0 Å². The van der Waals surface area contributed by atoms with Crippen molar-refractivity contribution in [3.8, 4) is 17.0 Å². The number of hydrogen-bond acceptors (Lipinski definition) is 4. The zero-order chi connectivity index (χ0) is 17.6. The number of anilines is 1. The Hall–Kier alpha value is -2.92. The second kappa shape index (κ2) is 7.77. The van der Waals surface area contributed by atoms with Crippen molar-refractivity contribution in [3.63, 3.8) is 0 Å². The summed E-state index contributed by atoms with van der Waals surface area (Å²) in [6.07, 6.45) is 1.71. The number of hydrogen-bond donors (Lipinski definition) is 1. The number of carbonyl (C=O) groups is 1. The summed E-state index contributed by atoms with van der Waals surface area (Å²) in [5.41, 5.74) is 2.39. The molecule has 0 spiro atoms. The van der Waals surface area contributed by atoms with Crippen molar-refractivity contribution in [1.82, 2.24) is 9.97 Å². The van der Waals surface area contributed by atoms with E-state index in [2.05, 4.69) is 15.3 Å². The second-order valence-corrected chi connectivity index (χ2v) is 5.80.